The van der Waals surface area contributed by atoms with Crippen LogP contribution < -0.4 is 0 Å². The van der Waals surface area contributed by atoms with Crippen molar-refractivity contribution in [3.05, 3.63) is 158 Å². The van der Waals surface area contributed by atoms with Crippen LogP contribution in [0.15, 0.2) is 171 Å². The molecule has 0 aliphatic rings. The highest BCUT2D eigenvalue weighted by Crippen LogP contribution is 2.39. The Morgan fingerprint density at radius 1 is 0.373 bits per heavy atom. The van der Waals surface area contributed by atoms with Crippen LogP contribution in [0.1, 0.15) is 0 Å². The average Bonchev–Trinajstić information content (AvgIpc) is 3.89. The van der Waals surface area contributed by atoms with E-state index >= 15 is 0 Å². The summed E-state index contributed by atoms with van der Waals surface area (Å²) in [7, 11) is 0. The maximum Gasteiger partial charge on any atom is 0.246 e. The van der Waals surface area contributed by atoms with E-state index in [0.717, 1.165) is 105 Å². The van der Waals surface area contributed by atoms with Crippen LogP contribution in [0.4, 0.5) is 0 Å². The van der Waals surface area contributed by atoms with Gasteiger partial charge in [-0.05, 0) is 46.5 Å². The summed E-state index contributed by atoms with van der Waals surface area (Å²) in [4.78, 5) is 9.74. The van der Waals surface area contributed by atoms with Crippen molar-refractivity contribution < 1.29 is 13.3 Å². The zero-order valence-corrected chi connectivity index (χ0v) is 27.1. The third kappa shape index (κ3) is 4.35. The molecular weight excluding hydrogens is 629 g/mol. The second-order valence-electron chi connectivity index (χ2n) is 12.9. The smallest absolute Gasteiger partial charge is 0.246 e. The third-order valence-corrected chi connectivity index (χ3v) is 10.0. The number of benzene rings is 7. The van der Waals surface area contributed by atoms with Crippen molar-refractivity contribution >= 4 is 66.1 Å². The second-order valence-corrected chi connectivity index (χ2v) is 12.9. The van der Waals surface area contributed by atoms with Gasteiger partial charge in [0.1, 0.15) is 33.4 Å². The van der Waals surface area contributed by atoms with E-state index in [9.17, 15) is 0 Å². The summed E-state index contributed by atoms with van der Waals surface area (Å²) in [6.07, 6.45) is 1.83. The number of para-hydroxylation sites is 4. The topological polar surface area (TPSA) is 65.2 Å². The molecule has 11 rings (SSSR count). The van der Waals surface area contributed by atoms with E-state index in [4.69, 9.17) is 23.2 Å². The second kappa shape index (κ2) is 10.8. The van der Waals surface area contributed by atoms with Crippen molar-refractivity contribution in [2.24, 2.45) is 0 Å². The predicted molar refractivity (Wildman–Crippen MR) is 206 cm³/mol. The van der Waals surface area contributed by atoms with Crippen molar-refractivity contribution in [1.82, 2.24) is 9.97 Å². The molecule has 0 aliphatic heterocycles. The van der Waals surface area contributed by atoms with Gasteiger partial charge in [-0.3, -0.25) is 0 Å². The molecule has 0 bridgehead atoms. The molecule has 0 amide bonds. The quantitative estimate of drug-likeness (QED) is 0.189. The lowest BCUT2D eigenvalue weighted by molar-refractivity contribution is 0.653. The molecule has 5 nitrogen and oxygen atoms in total. The number of nitrogens with zero attached hydrogens (tertiary/aromatic N) is 2. The summed E-state index contributed by atoms with van der Waals surface area (Å²) in [5, 5.41) is 5.44. The lowest BCUT2D eigenvalue weighted by Gasteiger charge is -2.06. The van der Waals surface area contributed by atoms with Gasteiger partial charge in [0.15, 0.2) is 0 Å². The van der Waals surface area contributed by atoms with Crippen LogP contribution in [-0.2, 0) is 0 Å². The van der Waals surface area contributed by atoms with Gasteiger partial charge in [-0.25, -0.2) is 9.97 Å². The Labute approximate surface area is 291 Å². The molecule has 0 fully saturated rings. The highest BCUT2D eigenvalue weighted by molar-refractivity contribution is 6.11. The van der Waals surface area contributed by atoms with Crippen molar-refractivity contribution in [2.45, 2.75) is 0 Å². The fourth-order valence-electron chi connectivity index (χ4n) is 7.47. The Hall–Kier alpha value is -6.98. The van der Waals surface area contributed by atoms with Gasteiger partial charge in [-0.15, -0.1) is 0 Å². The van der Waals surface area contributed by atoms with Gasteiger partial charge in [0, 0.05) is 43.6 Å². The van der Waals surface area contributed by atoms with E-state index in [1.807, 2.05) is 48.7 Å². The fourth-order valence-corrected chi connectivity index (χ4v) is 7.47. The number of rotatable bonds is 4. The van der Waals surface area contributed by atoms with Gasteiger partial charge in [-0.2, -0.15) is 0 Å². The first kappa shape index (κ1) is 27.9. The number of furan rings is 3. The largest absolute Gasteiger partial charge is 0.455 e. The molecule has 0 aliphatic carbocycles. The van der Waals surface area contributed by atoms with Gasteiger partial charge in [0.25, 0.3) is 0 Å². The summed E-state index contributed by atoms with van der Waals surface area (Å²) in [6.45, 7) is 0. The molecule has 7 aromatic carbocycles. The molecule has 0 saturated heterocycles. The number of hydrogen-bond acceptors (Lipinski definition) is 5. The fraction of sp³-hybridized carbons (Fsp3) is 0. The molecule has 0 radical (unpaired) electrons. The third-order valence-electron chi connectivity index (χ3n) is 10.0. The summed E-state index contributed by atoms with van der Waals surface area (Å²) in [5.41, 5.74) is 13.9. The molecule has 0 atom stereocenters. The molecule has 4 heterocycles. The Kier molecular flexibility index (Phi) is 5.89. The first-order valence-corrected chi connectivity index (χ1v) is 17.0. The molecular formula is C46H26N2O3. The van der Waals surface area contributed by atoms with Gasteiger partial charge in [0.05, 0.1) is 11.9 Å². The number of hydrogen-bond donors (Lipinski definition) is 0. The number of fused-ring (bicyclic) bond motifs is 9. The van der Waals surface area contributed by atoms with E-state index in [-0.39, 0.29) is 0 Å². The standard InChI is InChI=1S/C46H26N2O3/c1-3-13-40-34(7-1)36-11-5-9-32(44(36)49-40)28-17-15-27(16-18-28)31-23-24-42-38(25-31)43-46(51-42)48-39(26-47-43)30-21-19-29(20-22-30)33-10-6-12-37-35-8-2-4-14-41(35)50-45(33)37/h1-26H. The zero-order chi connectivity index (χ0) is 33.5. The van der Waals surface area contributed by atoms with Crippen LogP contribution in [0, 0.1) is 0 Å². The summed E-state index contributed by atoms with van der Waals surface area (Å²) in [5.74, 6) is 0. The Bertz CT molecular complexity index is 3130. The zero-order valence-electron chi connectivity index (χ0n) is 27.1. The van der Waals surface area contributed by atoms with E-state index in [1.54, 1.807) is 0 Å². The average molecular weight is 655 g/mol. The van der Waals surface area contributed by atoms with Crippen LogP contribution >= 0.6 is 0 Å². The SMILES string of the molecule is c1ccc2c(c1)oc1c(-c3ccc(-c4ccc5oc6nc(-c7ccc(-c8cccc9c8oc8ccccc89)cc7)cnc6c5c4)cc3)cccc12. The van der Waals surface area contributed by atoms with Crippen LogP contribution in [0.3, 0.4) is 0 Å². The monoisotopic (exact) mass is 654 g/mol. The van der Waals surface area contributed by atoms with Crippen LogP contribution in [0.2, 0.25) is 0 Å². The first-order chi connectivity index (χ1) is 25.2. The molecule has 0 N–H and O–H groups in total. The minimum absolute atomic E-state index is 0.519. The Morgan fingerprint density at radius 3 is 1.51 bits per heavy atom. The van der Waals surface area contributed by atoms with Gasteiger partial charge in [0.2, 0.25) is 5.71 Å². The minimum Gasteiger partial charge on any atom is -0.455 e. The summed E-state index contributed by atoms with van der Waals surface area (Å²) in [6, 6.07) is 52.2. The van der Waals surface area contributed by atoms with Crippen molar-refractivity contribution in [1.29, 1.82) is 0 Å². The predicted octanol–water partition coefficient (Wildman–Crippen LogP) is 12.8. The molecule has 0 spiro atoms. The van der Waals surface area contributed by atoms with Gasteiger partial charge >= 0.3 is 0 Å². The van der Waals surface area contributed by atoms with Gasteiger partial charge in [-0.1, -0.05) is 127 Å². The normalized spacial score (nSPS) is 11.9. The Morgan fingerprint density at radius 2 is 0.882 bits per heavy atom. The van der Waals surface area contributed by atoms with E-state index in [2.05, 4.69) is 109 Å². The van der Waals surface area contributed by atoms with Crippen LogP contribution in [-0.4, -0.2) is 9.97 Å². The van der Waals surface area contributed by atoms with Crippen molar-refractivity contribution in [2.75, 3.05) is 0 Å². The van der Waals surface area contributed by atoms with Crippen LogP contribution in [0.5, 0.6) is 0 Å². The molecule has 238 valence electrons. The van der Waals surface area contributed by atoms with E-state index in [0.29, 0.717) is 5.71 Å². The van der Waals surface area contributed by atoms with E-state index < -0.39 is 0 Å². The molecule has 4 aromatic heterocycles. The lowest BCUT2D eigenvalue weighted by atomic mass is 9.98. The minimum atomic E-state index is 0.519. The maximum absolute atomic E-state index is 6.29. The highest BCUT2D eigenvalue weighted by Gasteiger charge is 2.16. The Balaban J connectivity index is 0.905. The lowest BCUT2D eigenvalue weighted by Crippen LogP contribution is -1.87. The first-order valence-electron chi connectivity index (χ1n) is 17.0. The summed E-state index contributed by atoms with van der Waals surface area (Å²) >= 11 is 0. The van der Waals surface area contributed by atoms with Gasteiger partial charge < -0.3 is 13.3 Å². The maximum atomic E-state index is 6.29. The molecule has 51 heavy (non-hydrogen) atoms. The highest BCUT2D eigenvalue weighted by atomic mass is 16.3. The molecule has 0 saturated carbocycles. The number of aromatic nitrogens is 2. The molecule has 5 heteroatoms. The molecule has 11 aromatic rings. The van der Waals surface area contributed by atoms with Crippen molar-refractivity contribution in [3.63, 3.8) is 0 Å². The summed E-state index contributed by atoms with van der Waals surface area (Å²) < 4.78 is 18.8. The van der Waals surface area contributed by atoms with Crippen LogP contribution in [0.25, 0.3) is 111 Å². The molecule has 0 unspecified atom stereocenters. The van der Waals surface area contributed by atoms with E-state index in [1.165, 1.54) is 0 Å². The van der Waals surface area contributed by atoms with Crippen molar-refractivity contribution in [3.8, 4) is 44.6 Å².